The third-order valence-corrected chi connectivity index (χ3v) is 5.53. The summed E-state index contributed by atoms with van der Waals surface area (Å²) in [5.74, 6) is -0.802. The van der Waals surface area contributed by atoms with Gasteiger partial charge in [0.25, 0.3) is 11.5 Å². The standard InChI is InChI=1S/C23H22N2O4/c1-3-25-20-11-8-16(12-19(20)18(13-21(25)26)14-4-5-14)22(27)24(2)17-9-6-15(7-10-17)23(28)29/h6-14H,3-5H2,1-2H3,(H,28,29). The smallest absolute Gasteiger partial charge is 0.335 e. The summed E-state index contributed by atoms with van der Waals surface area (Å²) in [6, 6.07) is 13.4. The maximum absolute atomic E-state index is 13.1. The maximum Gasteiger partial charge on any atom is 0.335 e. The molecule has 0 spiro atoms. The van der Waals surface area contributed by atoms with Crippen molar-refractivity contribution in [2.45, 2.75) is 32.2 Å². The van der Waals surface area contributed by atoms with Crippen molar-refractivity contribution in [3.05, 3.63) is 75.6 Å². The summed E-state index contributed by atoms with van der Waals surface area (Å²) in [5, 5.41) is 9.99. The molecule has 1 aliphatic rings. The Bertz CT molecular complexity index is 1170. The molecule has 1 N–H and O–H groups in total. The molecular weight excluding hydrogens is 368 g/mol. The minimum Gasteiger partial charge on any atom is -0.478 e. The highest BCUT2D eigenvalue weighted by atomic mass is 16.4. The monoisotopic (exact) mass is 390 g/mol. The molecule has 0 bridgehead atoms. The number of anilines is 1. The van der Waals surface area contributed by atoms with Crippen LogP contribution in [0.1, 0.15) is 52.0 Å². The minimum atomic E-state index is -1.00. The highest BCUT2D eigenvalue weighted by Gasteiger charge is 2.27. The van der Waals surface area contributed by atoms with Gasteiger partial charge in [-0.25, -0.2) is 4.79 Å². The highest BCUT2D eigenvalue weighted by molar-refractivity contribution is 6.08. The highest BCUT2D eigenvalue weighted by Crippen LogP contribution is 2.42. The number of pyridine rings is 1. The van der Waals surface area contributed by atoms with Crippen LogP contribution in [0.3, 0.4) is 0 Å². The number of carbonyl (C=O) groups is 2. The molecule has 1 heterocycles. The molecule has 148 valence electrons. The summed E-state index contributed by atoms with van der Waals surface area (Å²) < 4.78 is 1.73. The zero-order chi connectivity index (χ0) is 20.7. The second-order valence-electron chi connectivity index (χ2n) is 7.40. The normalized spacial score (nSPS) is 13.4. The number of hydrogen-bond donors (Lipinski definition) is 1. The van der Waals surface area contributed by atoms with Crippen molar-refractivity contribution in [2.24, 2.45) is 0 Å². The average Bonchev–Trinajstić information content (AvgIpc) is 3.57. The van der Waals surface area contributed by atoms with Gasteiger partial charge >= 0.3 is 5.97 Å². The van der Waals surface area contributed by atoms with Gasteiger partial charge in [0.15, 0.2) is 0 Å². The van der Waals surface area contributed by atoms with E-state index in [4.69, 9.17) is 5.11 Å². The van der Waals surface area contributed by atoms with Gasteiger partial charge in [-0.3, -0.25) is 9.59 Å². The summed E-state index contributed by atoms with van der Waals surface area (Å²) in [7, 11) is 1.66. The number of rotatable bonds is 5. The molecule has 1 amide bonds. The first-order valence-electron chi connectivity index (χ1n) is 9.69. The van der Waals surface area contributed by atoms with E-state index in [1.807, 2.05) is 19.1 Å². The molecule has 0 aliphatic heterocycles. The van der Waals surface area contributed by atoms with E-state index in [2.05, 4.69) is 0 Å². The molecule has 0 saturated heterocycles. The number of aryl methyl sites for hydroxylation is 1. The van der Waals surface area contributed by atoms with Crippen LogP contribution in [0.2, 0.25) is 0 Å². The summed E-state index contributed by atoms with van der Waals surface area (Å²) in [5.41, 5.74) is 3.19. The lowest BCUT2D eigenvalue weighted by molar-refractivity contribution is 0.0696. The molecule has 1 aromatic heterocycles. The number of fused-ring (bicyclic) bond motifs is 1. The summed E-state index contributed by atoms with van der Waals surface area (Å²) >= 11 is 0. The van der Waals surface area contributed by atoms with Crippen LogP contribution in [-0.4, -0.2) is 28.6 Å². The van der Waals surface area contributed by atoms with Gasteiger partial charge in [0, 0.05) is 36.3 Å². The predicted octanol–water partition coefficient (Wildman–Crippen LogP) is 3.87. The van der Waals surface area contributed by atoms with E-state index in [1.54, 1.807) is 35.9 Å². The first-order chi connectivity index (χ1) is 13.9. The lowest BCUT2D eigenvalue weighted by atomic mass is 10.0. The fourth-order valence-corrected chi connectivity index (χ4v) is 3.74. The fraction of sp³-hybridized carbons (Fsp3) is 0.261. The Morgan fingerprint density at radius 1 is 1.07 bits per heavy atom. The number of carboxylic acids is 1. The Balaban J connectivity index is 1.74. The number of aromatic nitrogens is 1. The average molecular weight is 390 g/mol. The quantitative estimate of drug-likeness (QED) is 0.717. The van der Waals surface area contributed by atoms with E-state index >= 15 is 0 Å². The van der Waals surface area contributed by atoms with Crippen LogP contribution < -0.4 is 10.5 Å². The number of benzene rings is 2. The molecular formula is C23H22N2O4. The van der Waals surface area contributed by atoms with Crippen molar-refractivity contribution in [1.29, 1.82) is 0 Å². The third kappa shape index (κ3) is 3.42. The van der Waals surface area contributed by atoms with E-state index in [1.165, 1.54) is 17.0 Å². The van der Waals surface area contributed by atoms with Gasteiger partial charge in [0.05, 0.1) is 11.1 Å². The Morgan fingerprint density at radius 3 is 2.31 bits per heavy atom. The van der Waals surface area contributed by atoms with Gasteiger partial charge < -0.3 is 14.6 Å². The SMILES string of the molecule is CCn1c(=O)cc(C2CC2)c2cc(C(=O)N(C)c3ccc(C(=O)O)cc3)ccc21. The van der Waals surface area contributed by atoms with Crippen LogP contribution in [0.4, 0.5) is 5.69 Å². The molecule has 29 heavy (non-hydrogen) atoms. The lowest BCUT2D eigenvalue weighted by Crippen LogP contribution is -2.26. The maximum atomic E-state index is 13.1. The summed E-state index contributed by atoms with van der Waals surface area (Å²) in [6.07, 6.45) is 2.14. The zero-order valence-corrected chi connectivity index (χ0v) is 16.4. The van der Waals surface area contributed by atoms with Crippen LogP contribution in [0, 0.1) is 0 Å². The molecule has 2 aromatic carbocycles. The van der Waals surface area contributed by atoms with Gasteiger partial charge in [-0.05, 0) is 73.7 Å². The van der Waals surface area contributed by atoms with E-state index in [9.17, 15) is 14.4 Å². The van der Waals surface area contributed by atoms with Crippen molar-refractivity contribution < 1.29 is 14.7 Å². The second-order valence-corrected chi connectivity index (χ2v) is 7.40. The van der Waals surface area contributed by atoms with Crippen LogP contribution in [-0.2, 0) is 6.54 Å². The first-order valence-corrected chi connectivity index (χ1v) is 9.69. The van der Waals surface area contributed by atoms with Crippen LogP contribution in [0.25, 0.3) is 10.9 Å². The van der Waals surface area contributed by atoms with Gasteiger partial charge in [0.1, 0.15) is 0 Å². The Morgan fingerprint density at radius 2 is 1.72 bits per heavy atom. The molecule has 4 rings (SSSR count). The summed E-state index contributed by atoms with van der Waals surface area (Å²) in [4.78, 5) is 38.0. The largest absolute Gasteiger partial charge is 0.478 e. The number of amides is 1. The number of aromatic carboxylic acids is 1. The molecule has 0 unspecified atom stereocenters. The van der Waals surface area contributed by atoms with E-state index in [0.29, 0.717) is 23.7 Å². The number of carboxylic acid groups (broad SMARTS) is 1. The van der Waals surface area contributed by atoms with Gasteiger partial charge in [-0.2, -0.15) is 0 Å². The zero-order valence-electron chi connectivity index (χ0n) is 16.4. The first kappa shape index (κ1) is 18.9. The molecule has 3 aromatic rings. The molecule has 0 radical (unpaired) electrons. The molecule has 1 saturated carbocycles. The van der Waals surface area contributed by atoms with Crippen molar-refractivity contribution in [1.82, 2.24) is 4.57 Å². The van der Waals surface area contributed by atoms with Crippen molar-refractivity contribution in [3.8, 4) is 0 Å². The van der Waals surface area contributed by atoms with Crippen molar-refractivity contribution in [2.75, 3.05) is 11.9 Å². The molecule has 0 atom stereocenters. The van der Waals surface area contributed by atoms with E-state index < -0.39 is 5.97 Å². The van der Waals surface area contributed by atoms with Gasteiger partial charge in [0.2, 0.25) is 0 Å². The summed E-state index contributed by atoms with van der Waals surface area (Å²) in [6.45, 7) is 2.51. The molecule has 6 heteroatoms. The van der Waals surface area contributed by atoms with Gasteiger partial charge in [-0.15, -0.1) is 0 Å². The number of hydrogen-bond acceptors (Lipinski definition) is 3. The van der Waals surface area contributed by atoms with Crippen LogP contribution >= 0.6 is 0 Å². The topological polar surface area (TPSA) is 79.6 Å². The Labute approximate surface area is 168 Å². The van der Waals surface area contributed by atoms with Crippen LogP contribution in [0.15, 0.2) is 53.3 Å². The lowest BCUT2D eigenvalue weighted by Gasteiger charge is -2.19. The molecule has 1 aliphatic carbocycles. The van der Waals surface area contributed by atoms with E-state index in [-0.39, 0.29) is 17.0 Å². The number of nitrogens with zero attached hydrogens (tertiary/aromatic N) is 2. The van der Waals surface area contributed by atoms with Crippen LogP contribution in [0.5, 0.6) is 0 Å². The molecule has 6 nitrogen and oxygen atoms in total. The Kier molecular flexibility index (Phi) is 4.70. The number of carbonyl (C=O) groups excluding carboxylic acids is 1. The second kappa shape index (κ2) is 7.20. The van der Waals surface area contributed by atoms with Crippen molar-refractivity contribution >= 4 is 28.5 Å². The predicted molar refractivity (Wildman–Crippen MR) is 112 cm³/mol. The minimum absolute atomic E-state index is 0.00313. The fourth-order valence-electron chi connectivity index (χ4n) is 3.74. The van der Waals surface area contributed by atoms with Crippen molar-refractivity contribution in [3.63, 3.8) is 0 Å². The molecule has 1 fully saturated rings. The third-order valence-electron chi connectivity index (χ3n) is 5.53. The van der Waals surface area contributed by atoms with E-state index in [0.717, 1.165) is 29.3 Å². The Hall–Kier alpha value is -3.41. The van der Waals surface area contributed by atoms with Gasteiger partial charge in [-0.1, -0.05) is 0 Å².